The van der Waals surface area contributed by atoms with Gasteiger partial charge in [-0.2, -0.15) is 0 Å². The molecule has 98 valence electrons. The standard InChI is InChI=1S/C13H11NO4S/c1-14-12-6-8(15)2-4-10(12)11-5-3-9(16)7-13(11)19(14,17)18/h2-7,15-16H,1H3. The molecule has 1 aliphatic heterocycles. The van der Waals surface area contributed by atoms with Crippen LogP contribution >= 0.6 is 0 Å². The molecule has 0 amide bonds. The fraction of sp³-hybridized carbons (Fsp3) is 0.0769. The summed E-state index contributed by atoms with van der Waals surface area (Å²) in [6.07, 6.45) is 0. The molecular weight excluding hydrogens is 266 g/mol. The van der Waals surface area contributed by atoms with Crippen molar-refractivity contribution < 1.29 is 18.6 Å². The Bertz CT molecular complexity index is 783. The van der Waals surface area contributed by atoms with Crippen molar-refractivity contribution >= 4 is 15.7 Å². The molecule has 2 aromatic carbocycles. The highest BCUT2D eigenvalue weighted by Crippen LogP contribution is 2.44. The van der Waals surface area contributed by atoms with Crippen molar-refractivity contribution in [2.45, 2.75) is 4.90 Å². The molecule has 0 atom stereocenters. The van der Waals surface area contributed by atoms with Gasteiger partial charge in [-0.25, -0.2) is 8.42 Å². The Morgan fingerprint density at radius 3 is 2.21 bits per heavy atom. The van der Waals surface area contributed by atoms with E-state index < -0.39 is 10.0 Å². The fourth-order valence-corrected chi connectivity index (χ4v) is 3.66. The summed E-state index contributed by atoms with van der Waals surface area (Å²) < 4.78 is 25.8. The minimum atomic E-state index is -3.71. The molecule has 0 aromatic heterocycles. The summed E-state index contributed by atoms with van der Waals surface area (Å²) >= 11 is 0. The van der Waals surface area contributed by atoms with E-state index in [1.165, 1.54) is 31.3 Å². The number of sulfonamides is 1. The monoisotopic (exact) mass is 277 g/mol. The van der Waals surface area contributed by atoms with Crippen molar-refractivity contribution in [2.75, 3.05) is 11.4 Å². The van der Waals surface area contributed by atoms with Crippen LogP contribution in [0, 0.1) is 0 Å². The van der Waals surface area contributed by atoms with E-state index in [-0.39, 0.29) is 16.4 Å². The molecule has 3 rings (SSSR count). The van der Waals surface area contributed by atoms with Crippen LogP contribution in [0.2, 0.25) is 0 Å². The molecule has 5 nitrogen and oxygen atoms in total. The summed E-state index contributed by atoms with van der Waals surface area (Å²) in [7, 11) is -2.29. The zero-order valence-corrected chi connectivity index (χ0v) is 10.8. The van der Waals surface area contributed by atoms with Crippen LogP contribution < -0.4 is 4.31 Å². The third kappa shape index (κ3) is 1.57. The van der Waals surface area contributed by atoms with Crippen LogP contribution in [0.15, 0.2) is 41.3 Å². The predicted molar refractivity (Wildman–Crippen MR) is 70.8 cm³/mol. The first-order chi connectivity index (χ1) is 8.91. The highest BCUT2D eigenvalue weighted by molar-refractivity contribution is 7.93. The Labute approximate surface area is 110 Å². The maximum Gasteiger partial charge on any atom is 0.264 e. The Hall–Kier alpha value is -2.21. The van der Waals surface area contributed by atoms with Crippen LogP contribution in [0.25, 0.3) is 11.1 Å². The molecule has 19 heavy (non-hydrogen) atoms. The minimum Gasteiger partial charge on any atom is -0.508 e. The lowest BCUT2D eigenvalue weighted by molar-refractivity contribution is 0.472. The number of hydrogen-bond donors (Lipinski definition) is 2. The zero-order chi connectivity index (χ0) is 13.8. The van der Waals surface area contributed by atoms with Crippen LogP contribution in [0.4, 0.5) is 5.69 Å². The summed E-state index contributed by atoms with van der Waals surface area (Å²) in [6.45, 7) is 0. The highest BCUT2D eigenvalue weighted by atomic mass is 32.2. The average Bonchev–Trinajstić information content (AvgIpc) is 2.37. The molecule has 6 heteroatoms. The highest BCUT2D eigenvalue weighted by Gasteiger charge is 2.32. The Balaban J connectivity index is 2.44. The number of rotatable bonds is 0. The molecule has 0 bridgehead atoms. The Morgan fingerprint density at radius 2 is 1.53 bits per heavy atom. The second kappa shape index (κ2) is 3.64. The Kier molecular flexibility index (Phi) is 2.27. The first-order valence-corrected chi connectivity index (χ1v) is 7.00. The number of aromatic hydroxyl groups is 2. The van der Waals surface area contributed by atoms with Crippen molar-refractivity contribution in [3.63, 3.8) is 0 Å². The van der Waals surface area contributed by atoms with Gasteiger partial charge in [-0.1, -0.05) is 0 Å². The molecule has 0 spiro atoms. The number of fused-ring (bicyclic) bond motifs is 3. The summed E-state index contributed by atoms with van der Waals surface area (Å²) in [5.74, 6) is -0.0963. The number of nitrogens with zero attached hydrogens (tertiary/aromatic N) is 1. The van der Waals surface area contributed by atoms with Crippen LogP contribution in [-0.4, -0.2) is 25.7 Å². The van der Waals surface area contributed by atoms with E-state index >= 15 is 0 Å². The van der Waals surface area contributed by atoms with Gasteiger partial charge in [0.1, 0.15) is 11.5 Å². The summed E-state index contributed by atoms with van der Waals surface area (Å²) in [5, 5.41) is 19.0. The van der Waals surface area contributed by atoms with Gasteiger partial charge in [-0.15, -0.1) is 0 Å². The summed E-state index contributed by atoms with van der Waals surface area (Å²) in [4.78, 5) is 0.0631. The maximum atomic E-state index is 12.4. The molecule has 0 saturated heterocycles. The lowest BCUT2D eigenvalue weighted by atomic mass is 10.0. The number of phenols is 2. The SMILES string of the molecule is CN1c2cc(O)ccc2-c2ccc(O)cc2S1(=O)=O. The van der Waals surface area contributed by atoms with Crippen molar-refractivity contribution in [2.24, 2.45) is 0 Å². The quantitative estimate of drug-likeness (QED) is 0.771. The zero-order valence-electron chi connectivity index (χ0n) is 10.0. The summed E-state index contributed by atoms with van der Waals surface area (Å²) in [5.41, 5.74) is 1.63. The molecular formula is C13H11NO4S. The van der Waals surface area contributed by atoms with Gasteiger partial charge in [0.15, 0.2) is 0 Å². The normalized spacial score (nSPS) is 15.7. The largest absolute Gasteiger partial charge is 0.508 e. The predicted octanol–water partition coefficient (Wildman–Crippen LogP) is 1.90. The average molecular weight is 277 g/mol. The Morgan fingerprint density at radius 1 is 0.947 bits per heavy atom. The van der Waals surface area contributed by atoms with Gasteiger partial charge in [-0.05, 0) is 24.3 Å². The van der Waals surface area contributed by atoms with Crippen molar-refractivity contribution in [1.82, 2.24) is 0 Å². The van der Waals surface area contributed by atoms with Crippen LogP contribution in [-0.2, 0) is 10.0 Å². The first kappa shape index (κ1) is 11.9. The lowest BCUT2D eigenvalue weighted by Gasteiger charge is -2.29. The maximum absolute atomic E-state index is 12.4. The number of benzene rings is 2. The number of hydrogen-bond acceptors (Lipinski definition) is 4. The summed E-state index contributed by atoms with van der Waals surface area (Å²) in [6, 6.07) is 8.80. The van der Waals surface area contributed by atoms with Crippen molar-refractivity contribution in [3.8, 4) is 22.6 Å². The molecule has 0 unspecified atom stereocenters. The van der Waals surface area contributed by atoms with Crippen molar-refractivity contribution in [1.29, 1.82) is 0 Å². The van der Waals surface area contributed by atoms with Crippen molar-refractivity contribution in [3.05, 3.63) is 36.4 Å². The third-order valence-electron chi connectivity index (χ3n) is 3.21. The van der Waals surface area contributed by atoms with Crippen LogP contribution in [0.5, 0.6) is 11.5 Å². The van der Waals surface area contributed by atoms with E-state index in [2.05, 4.69) is 0 Å². The topological polar surface area (TPSA) is 77.8 Å². The van der Waals surface area contributed by atoms with E-state index in [4.69, 9.17) is 0 Å². The van der Waals surface area contributed by atoms with Gasteiger partial charge in [0.2, 0.25) is 0 Å². The van der Waals surface area contributed by atoms with E-state index in [1.807, 2.05) is 0 Å². The first-order valence-electron chi connectivity index (χ1n) is 5.56. The molecule has 2 aromatic rings. The van der Waals surface area contributed by atoms with Gasteiger partial charge in [0.25, 0.3) is 10.0 Å². The smallest absolute Gasteiger partial charge is 0.264 e. The molecule has 0 saturated carbocycles. The van der Waals surface area contributed by atoms with Gasteiger partial charge in [0.05, 0.1) is 10.6 Å². The van der Waals surface area contributed by atoms with E-state index in [0.29, 0.717) is 16.8 Å². The number of anilines is 1. The molecule has 0 fully saturated rings. The molecule has 2 N–H and O–H groups in total. The van der Waals surface area contributed by atoms with Gasteiger partial charge in [0, 0.05) is 30.3 Å². The van der Waals surface area contributed by atoms with Gasteiger partial charge >= 0.3 is 0 Å². The lowest BCUT2D eigenvalue weighted by Crippen LogP contribution is -2.30. The van der Waals surface area contributed by atoms with Gasteiger partial charge < -0.3 is 10.2 Å². The molecule has 1 aliphatic rings. The van der Waals surface area contributed by atoms with Crippen LogP contribution in [0.1, 0.15) is 0 Å². The molecule has 0 aliphatic carbocycles. The van der Waals surface area contributed by atoms with Crippen LogP contribution in [0.3, 0.4) is 0 Å². The third-order valence-corrected chi connectivity index (χ3v) is 5.03. The van der Waals surface area contributed by atoms with Gasteiger partial charge in [-0.3, -0.25) is 4.31 Å². The fourth-order valence-electron chi connectivity index (χ4n) is 2.23. The number of phenolic OH excluding ortho intramolecular Hbond substituents is 2. The van der Waals surface area contributed by atoms with E-state index in [9.17, 15) is 18.6 Å². The minimum absolute atomic E-state index is 0.00280. The van der Waals surface area contributed by atoms with E-state index in [0.717, 1.165) is 4.31 Å². The molecule has 0 radical (unpaired) electrons. The second-order valence-electron chi connectivity index (χ2n) is 4.35. The second-order valence-corrected chi connectivity index (χ2v) is 6.29. The van der Waals surface area contributed by atoms with E-state index in [1.54, 1.807) is 12.1 Å². The molecule has 1 heterocycles.